The average Bonchev–Trinajstić information content (AvgIpc) is 3.46. The Morgan fingerprint density at radius 1 is 0.957 bits per heavy atom. The quantitative estimate of drug-likeness (QED) is 0.223. The van der Waals surface area contributed by atoms with Gasteiger partial charge in [-0.1, -0.05) is 39.8 Å². The molecule has 1 saturated heterocycles. The van der Waals surface area contributed by atoms with E-state index >= 15 is 0 Å². The molecule has 0 radical (unpaired) electrons. The monoisotopic (exact) mass is 738 g/mol. The minimum Gasteiger partial charge on any atom is -0.379 e. The van der Waals surface area contributed by atoms with E-state index in [9.17, 15) is 31.2 Å². The molecule has 0 spiro atoms. The van der Waals surface area contributed by atoms with Crippen molar-refractivity contribution >= 4 is 55.2 Å². The number of carbonyl (C=O) groups excluding carboxylic acids is 2. The maximum Gasteiger partial charge on any atom is 0.418 e. The van der Waals surface area contributed by atoms with Crippen LogP contribution >= 0.6 is 27.7 Å². The first-order chi connectivity index (χ1) is 21.9. The Kier molecular flexibility index (Phi) is 10.5. The molecule has 3 aromatic carbocycles. The van der Waals surface area contributed by atoms with Gasteiger partial charge in [-0.2, -0.15) is 17.5 Å². The standard InChI is InChI=1S/C29H26BrF3N6O5S2/c30-20-7-9-21(10-8-20)39-25(36-37-28(39)45-18-26(40)35-24-4-2-1-3-23(24)29(31,32)33)17-34-27(41)19-5-11-22(12-6-19)46(42,43)38-13-15-44-16-14-38/h1-12H,13-18H2,(H,34,41)(H,35,40). The van der Waals surface area contributed by atoms with Crippen molar-refractivity contribution in [2.75, 3.05) is 37.4 Å². The Hall–Kier alpha value is -3.77. The molecule has 1 fully saturated rings. The van der Waals surface area contributed by atoms with Gasteiger partial charge in [0.25, 0.3) is 5.91 Å². The predicted octanol–water partition coefficient (Wildman–Crippen LogP) is 4.73. The molecule has 5 rings (SSSR count). The molecule has 1 aliphatic rings. The van der Waals surface area contributed by atoms with Crippen LogP contribution in [0.5, 0.6) is 0 Å². The number of rotatable bonds is 10. The van der Waals surface area contributed by atoms with Crippen molar-refractivity contribution < 1.29 is 35.9 Å². The number of amides is 2. The Labute approximate surface area is 274 Å². The second-order valence-electron chi connectivity index (χ2n) is 9.81. The number of nitrogens with one attached hydrogen (secondary N) is 2. The molecule has 4 aromatic rings. The molecule has 0 unspecified atom stereocenters. The number of nitrogens with zero attached hydrogens (tertiary/aromatic N) is 4. The van der Waals surface area contributed by atoms with E-state index in [-0.39, 0.29) is 46.7 Å². The molecule has 0 saturated carbocycles. The number of carbonyl (C=O) groups is 2. The summed E-state index contributed by atoms with van der Waals surface area (Å²) in [5.41, 5.74) is -0.482. The largest absolute Gasteiger partial charge is 0.418 e. The number of ether oxygens (including phenoxy) is 1. The third kappa shape index (κ3) is 7.95. The third-order valence-electron chi connectivity index (χ3n) is 6.76. The van der Waals surface area contributed by atoms with Gasteiger partial charge in [-0.05, 0) is 60.7 Å². The van der Waals surface area contributed by atoms with E-state index in [0.29, 0.717) is 24.7 Å². The summed E-state index contributed by atoms with van der Waals surface area (Å²) in [5, 5.41) is 13.7. The first-order valence-corrected chi connectivity index (χ1v) is 16.9. The highest BCUT2D eigenvalue weighted by molar-refractivity contribution is 9.10. The van der Waals surface area contributed by atoms with Crippen molar-refractivity contribution in [1.82, 2.24) is 24.4 Å². The fourth-order valence-corrected chi connectivity index (χ4v) is 6.93. The zero-order valence-corrected chi connectivity index (χ0v) is 27.0. The lowest BCUT2D eigenvalue weighted by atomic mass is 10.1. The van der Waals surface area contributed by atoms with Crippen molar-refractivity contribution in [3.8, 4) is 5.69 Å². The van der Waals surface area contributed by atoms with Crippen LogP contribution in [0.4, 0.5) is 18.9 Å². The van der Waals surface area contributed by atoms with Gasteiger partial charge in [0.15, 0.2) is 11.0 Å². The zero-order valence-electron chi connectivity index (χ0n) is 23.8. The molecule has 17 heteroatoms. The number of alkyl halides is 3. The van der Waals surface area contributed by atoms with Gasteiger partial charge in [-0.15, -0.1) is 10.2 Å². The molecule has 242 valence electrons. The topological polar surface area (TPSA) is 136 Å². The van der Waals surface area contributed by atoms with E-state index in [4.69, 9.17) is 4.74 Å². The van der Waals surface area contributed by atoms with Crippen molar-refractivity contribution in [3.05, 3.63) is 94.2 Å². The summed E-state index contributed by atoms with van der Waals surface area (Å²) in [6, 6.07) is 17.3. The summed E-state index contributed by atoms with van der Waals surface area (Å²) >= 11 is 4.34. The molecule has 1 aromatic heterocycles. The molecule has 1 aliphatic heterocycles. The maximum atomic E-state index is 13.4. The lowest BCUT2D eigenvalue weighted by Gasteiger charge is -2.26. The van der Waals surface area contributed by atoms with Crippen LogP contribution in [0.1, 0.15) is 21.7 Å². The van der Waals surface area contributed by atoms with Crippen molar-refractivity contribution in [1.29, 1.82) is 0 Å². The molecule has 11 nitrogen and oxygen atoms in total. The van der Waals surface area contributed by atoms with Gasteiger partial charge < -0.3 is 15.4 Å². The third-order valence-corrected chi connectivity index (χ3v) is 10.1. The fourth-order valence-electron chi connectivity index (χ4n) is 4.49. The Balaban J connectivity index is 1.28. The van der Waals surface area contributed by atoms with E-state index in [1.54, 1.807) is 28.8 Å². The normalized spacial score (nSPS) is 14.2. The summed E-state index contributed by atoms with van der Waals surface area (Å²) in [4.78, 5) is 25.7. The first-order valence-electron chi connectivity index (χ1n) is 13.7. The van der Waals surface area contributed by atoms with Gasteiger partial charge in [0.2, 0.25) is 15.9 Å². The van der Waals surface area contributed by atoms with E-state index in [0.717, 1.165) is 22.3 Å². The second kappa shape index (κ2) is 14.3. The highest BCUT2D eigenvalue weighted by Gasteiger charge is 2.33. The lowest BCUT2D eigenvalue weighted by molar-refractivity contribution is -0.137. The molecular weight excluding hydrogens is 713 g/mol. The van der Waals surface area contributed by atoms with Crippen molar-refractivity contribution in [3.63, 3.8) is 0 Å². The van der Waals surface area contributed by atoms with Crippen LogP contribution in [0.25, 0.3) is 5.69 Å². The Morgan fingerprint density at radius 3 is 2.30 bits per heavy atom. The molecule has 2 N–H and O–H groups in total. The zero-order chi connectivity index (χ0) is 32.9. The summed E-state index contributed by atoms with van der Waals surface area (Å²) in [7, 11) is -3.72. The van der Waals surface area contributed by atoms with Gasteiger partial charge in [0, 0.05) is 28.8 Å². The van der Waals surface area contributed by atoms with Crippen LogP contribution in [0.15, 0.2) is 87.3 Å². The minimum atomic E-state index is -4.64. The van der Waals surface area contributed by atoms with Crippen LogP contribution in [0, 0.1) is 0 Å². The Bertz CT molecular complexity index is 1810. The minimum absolute atomic E-state index is 0.0635. The summed E-state index contributed by atoms with van der Waals surface area (Å²) < 4.78 is 74.8. The molecule has 46 heavy (non-hydrogen) atoms. The second-order valence-corrected chi connectivity index (χ2v) is 13.6. The van der Waals surface area contributed by atoms with Crippen LogP contribution in [-0.2, 0) is 32.3 Å². The average molecular weight is 740 g/mol. The fraction of sp³-hybridized carbons (Fsp3) is 0.241. The number of morpholine rings is 1. The lowest BCUT2D eigenvalue weighted by Crippen LogP contribution is -2.40. The number of benzene rings is 3. The first kappa shape index (κ1) is 33.6. The molecule has 2 amide bonds. The number of sulfonamides is 1. The van der Waals surface area contributed by atoms with E-state index in [1.807, 2.05) is 0 Å². The van der Waals surface area contributed by atoms with Gasteiger partial charge >= 0.3 is 6.18 Å². The molecule has 0 bridgehead atoms. The molecule has 2 heterocycles. The van der Waals surface area contributed by atoms with E-state index < -0.39 is 33.6 Å². The van der Waals surface area contributed by atoms with Gasteiger partial charge in [-0.3, -0.25) is 14.2 Å². The molecule has 0 atom stereocenters. The Morgan fingerprint density at radius 2 is 1.63 bits per heavy atom. The van der Waals surface area contributed by atoms with E-state index in [2.05, 4.69) is 36.8 Å². The maximum absolute atomic E-state index is 13.4. The van der Waals surface area contributed by atoms with E-state index in [1.165, 1.54) is 46.8 Å². The number of anilines is 1. The van der Waals surface area contributed by atoms with Crippen LogP contribution < -0.4 is 10.6 Å². The van der Waals surface area contributed by atoms with Crippen LogP contribution in [-0.4, -0.2) is 71.4 Å². The molecular formula is C29H26BrF3N6O5S2. The summed E-state index contributed by atoms with van der Waals surface area (Å²) in [6.45, 7) is 1.05. The summed E-state index contributed by atoms with van der Waals surface area (Å²) in [6.07, 6.45) is -4.64. The number of thioether (sulfide) groups is 1. The summed E-state index contributed by atoms with van der Waals surface area (Å²) in [5.74, 6) is -1.13. The van der Waals surface area contributed by atoms with Crippen molar-refractivity contribution in [2.24, 2.45) is 0 Å². The highest BCUT2D eigenvalue weighted by atomic mass is 79.9. The smallest absolute Gasteiger partial charge is 0.379 e. The van der Waals surface area contributed by atoms with Crippen LogP contribution in [0.3, 0.4) is 0 Å². The highest BCUT2D eigenvalue weighted by Crippen LogP contribution is 2.34. The van der Waals surface area contributed by atoms with Gasteiger partial charge in [0.1, 0.15) is 0 Å². The predicted molar refractivity (Wildman–Crippen MR) is 167 cm³/mol. The number of aromatic nitrogens is 3. The number of para-hydroxylation sites is 1. The van der Waals surface area contributed by atoms with Crippen LogP contribution in [0.2, 0.25) is 0 Å². The number of hydrogen-bond donors (Lipinski definition) is 2. The van der Waals surface area contributed by atoms with Gasteiger partial charge in [0.05, 0.1) is 41.7 Å². The number of halogens is 4. The number of hydrogen-bond acceptors (Lipinski definition) is 8. The molecule has 0 aliphatic carbocycles. The van der Waals surface area contributed by atoms with Gasteiger partial charge in [-0.25, -0.2) is 8.42 Å². The van der Waals surface area contributed by atoms with Crippen molar-refractivity contribution in [2.45, 2.75) is 22.8 Å². The SMILES string of the molecule is O=C(CSc1nnc(CNC(=O)c2ccc(S(=O)(=O)N3CCOCC3)cc2)n1-c1ccc(Br)cc1)Nc1ccccc1C(F)(F)F.